The summed E-state index contributed by atoms with van der Waals surface area (Å²) in [5, 5.41) is 10.7. The van der Waals surface area contributed by atoms with Gasteiger partial charge in [0.05, 0.1) is 9.75 Å². The van der Waals surface area contributed by atoms with Gasteiger partial charge in [-0.15, -0.1) is 0 Å². The van der Waals surface area contributed by atoms with Crippen molar-refractivity contribution >= 4 is 56.4 Å². The second-order valence-electron chi connectivity index (χ2n) is 2.72. The maximum Gasteiger partial charge on any atom is 0.273 e. The number of nitro benzene ring substituents is 1. The van der Waals surface area contributed by atoms with Gasteiger partial charge in [0.15, 0.2) is 0 Å². The molecule has 0 aliphatic heterocycles. The molecule has 1 rings (SSSR count). The summed E-state index contributed by atoms with van der Waals surface area (Å²) in [4.78, 5) is 9.47. The Hall–Kier alpha value is -0.0300. The van der Waals surface area contributed by atoms with Gasteiger partial charge >= 0.3 is 0 Å². The fourth-order valence-electron chi connectivity index (χ4n) is 1.04. The third kappa shape index (κ3) is 3.21. The van der Waals surface area contributed by atoms with Crippen molar-refractivity contribution in [1.82, 2.24) is 0 Å². The Kier molecular flexibility index (Phi) is 4.23. The van der Waals surface area contributed by atoms with Gasteiger partial charge in [-0.2, -0.15) is 0 Å². The van der Waals surface area contributed by atoms with Crippen LogP contribution in [0.3, 0.4) is 0 Å². The molecule has 0 aromatic heterocycles. The third-order valence-electron chi connectivity index (χ3n) is 1.69. The summed E-state index contributed by atoms with van der Waals surface area (Å²) >= 11 is 20.1. The Bertz CT molecular complexity index is 380. The first-order valence-corrected chi connectivity index (χ1v) is 5.83. The topological polar surface area (TPSA) is 43.1 Å². The van der Waals surface area contributed by atoms with Crippen LogP contribution >= 0.6 is 50.7 Å². The van der Waals surface area contributed by atoms with E-state index in [2.05, 4.69) is 15.9 Å². The first kappa shape index (κ1) is 13.0. The molecule has 0 aliphatic rings. The molecule has 1 aromatic rings. The second kappa shape index (κ2) is 4.87. The Labute approximate surface area is 110 Å². The van der Waals surface area contributed by atoms with Gasteiger partial charge in [-0.1, -0.05) is 68.9 Å². The van der Waals surface area contributed by atoms with Crippen molar-refractivity contribution < 1.29 is 4.92 Å². The minimum Gasteiger partial charge on any atom is -0.258 e. The fourth-order valence-corrected chi connectivity index (χ4v) is 1.78. The average Bonchev–Trinajstić information content (AvgIpc) is 2.15. The quantitative estimate of drug-likeness (QED) is 0.457. The molecular formula is C8H5BrCl3NO2. The van der Waals surface area contributed by atoms with Crippen molar-refractivity contribution in [1.29, 1.82) is 0 Å². The summed E-state index contributed by atoms with van der Waals surface area (Å²) in [6, 6.07) is 6.10. The van der Waals surface area contributed by atoms with Gasteiger partial charge in [-0.05, 0) is 0 Å². The van der Waals surface area contributed by atoms with Crippen LogP contribution in [0.1, 0.15) is 10.4 Å². The van der Waals surface area contributed by atoms with E-state index in [9.17, 15) is 10.1 Å². The van der Waals surface area contributed by atoms with Gasteiger partial charge < -0.3 is 0 Å². The Balaban J connectivity index is 3.19. The van der Waals surface area contributed by atoms with Gasteiger partial charge in [0, 0.05) is 11.6 Å². The first-order valence-electron chi connectivity index (χ1n) is 3.78. The minimum atomic E-state index is -1.63. The summed E-state index contributed by atoms with van der Waals surface area (Å²) < 4.78 is -1.63. The number of hydrogen-bond acceptors (Lipinski definition) is 2. The lowest BCUT2D eigenvalue weighted by Crippen LogP contribution is -2.12. The number of halogens is 4. The highest BCUT2D eigenvalue weighted by Crippen LogP contribution is 2.47. The largest absolute Gasteiger partial charge is 0.273 e. The van der Waals surface area contributed by atoms with Crippen LogP contribution in [0.15, 0.2) is 24.3 Å². The molecule has 0 spiro atoms. The van der Waals surface area contributed by atoms with Gasteiger partial charge in [-0.25, -0.2) is 0 Å². The first-order chi connectivity index (χ1) is 6.84. The Morgan fingerprint density at radius 2 is 1.87 bits per heavy atom. The standard InChI is InChI=1S/C8H5BrCl3NO2/c9-7(8(10,11)12)5-3-1-2-4-6(5)13(14)15/h1-4,7H. The molecule has 0 radical (unpaired) electrons. The van der Waals surface area contributed by atoms with E-state index in [1.807, 2.05) is 0 Å². The number of hydrogen-bond donors (Lipinski definition) is 0. The van der Waals surface area contributed by atoms with E-state index in [1.54, 1.807) is 18.2 Å². The van der Waals surface area contributed by atoms with E-state index in [1.165, 1.54) is 6.07 Å². The fraction of sp³-hybridized carbons (Fsp3) is 0.250. The molecule has 82 valence electrons. The van der Waals surface area contributed by atoms with Crippen LogP contribution < -0.4 is 0 Å². The Morgan fingerprint density at radius 3 is 2.33 bits per heavy atom. The van der Waals surface area contributed by atoms with Crippen molar-refractivity contribution in [2.24, 2.45) is 0 Å². The van der Waals surface area contributed by atoms with Gasteiger partial charge in [0.2, 0.25) is 3.79 Å². The normalized spacial score (nSPS) is 13.6. The highest BCUT2D eigenvalue weighted by molar-refractivity contribution is 9.09. The van der Waals surface area contributed by atoms with E-state index >= 15 is 0 Å². The summed E-state index contributed by atoms with van der Waals surface area (Å²) in [6.07, 6.45) is 0. The van der Waals surface area contributed by atoms with Crippen LogP contribution in [0.4, 0.5) is 5.69 Å². The summed E-state index contributed by atoms with van der Waals surface area (Å²) in [5.41, 5.74) is 0.258. The van der Waals surface area contributed by atoms with Crippen molar-refractivity contribution in [3.8, 4) is 0 Å². The molecule has 1 atom stereocenters. The van der Waals surface area contributed by atoms with E-state index in [4.69, 9.17) is 34.8 Å². The zero-order valence-corrected chi connectivity index (χ0v) is 11.0. The van der Waals surface area contributed by atoms with Gasteiger partial charge in [0.1, 0.15) is 0 Å². The van der Waals surface area contributed by atoms with Crippen molar-refractivity contribution in [2.75, 3.05) is 0 Å². The number of alkyl halides is 4. The molecule has 7 heteroatoms. The predicted octanol–water partition coefficient (Wildman–Crippen LogP) is 4.40. The molecule has 0 bridgehead atoms. The van der Waals surface area contributed by atoms with E-state index < -0.39 is 13.5 Å². The summed E-state index contributed by atoms with van der Waals surface area (Å²) in [5.74, 6) is 0. The Morgan fingerprint density at radius 1 is 1.33 bits per heavy atom. The molecule has 0 saturated carbocycles. The highest BCUT2D eigenvalue weighted by Gasteiger charge is 2.35. The van der Waals surface area contributed by atoms with E-state index in [-0.39, 0.29) is 5.69 Å². The highest BCUT2D eigenvalue weighted by atomic mass is 79.9. The SMILES string of the molecule is O=[N+]([O-])c1ccccc1C(Br)C(Cl)(Cl)Cl. The lowest BCUT2D eigenvalue weighted by atomic mass is 10.1. The molecule has 0 aliphatic carbocycles. The summed E-state index contributed by atoms with van der Waals surface area (Å²) in [6.45, 7) is 0. The van der Waals surface area contributed by atoms with Crippen LogP contribution in [0.25, 0.3) is 0 Å². The van der Waals surface area contributed by atoms with Crippen LogP contribution in [-0.4, -0.2) is 8.72 Å². The van der Waals surface area contributed by atoms with Crippen molar-refractivity contribution in [3.05, 3.63) is 39.9 Å². The molecule has 3 nitrogen and oxygen atoms in total. The molecule has 15 heavy (non-hydrogen) atoms. The van der Waals surface area contributed by atoms with E-state index in [0.29, 0.717) is 5.56 Å². The lowest BCUT2D eigenvalue weighted by molar-refractivity contribution is -0.385. The van der Waals surface area contributed by atoms with Gasteiger partial charge in [0.25, 0.3) is 5.69 Å². The zero-order valence-electron chi connectivity index (χ0n) is 7.16. The molecule has 0 N–H and O–H groups in total. The second-order valence-corrected chi connectivity index (χ2v) is 6.00. The molecule has 0 heterocycles. The molecule has 0 saturated heterocycles. The predicted molar refractivity (Wildman–Crippen MR) is 65.1 cm³/mol. The smallest absolute Gasteiger partial charge is 0.258 e. The maximum atomic E-state index is 10.7. The van der Waals surface area contributed by atoms with Crippen LogP contribution in [0, 0.1) is 10.1 Å². The number of nitro groups is 1. The average molecular weight is 333 g/mol. The van der Waals surface area contributed by atoms with Gasteiger partial charge in [-0.3, -0.25) is 10.1 Å². The summed E-state index contributed by atoms with van der Waals surface area (Å²) in [7, 11) is 0. The van der Waals surface area contributed by atoms with E-state index in [0.717, 1.165) is 0 Å². The zero-order chi connectivity index (χ0) is 11.6. The molecular weight excluding hydrogens is 328 g/mol. The van der Waals surface area contributed by atoms with Crippen LogP contribution in [0.2, 0.25) is 0 Å². The number of para-hydroxylation sites is 1. The van der Waals surface area contributed by atoms with Crippen molar-refractivity contribution in [2.45, 2.75) is 8.62 Å². The molecule has 1 aromatic carbocycles. The number of nitrogens with zero attached hydrogens (tertiary/aromatic N) is 1. The molecule has 1 unspecified atom stereocenters. The number of benzene rings is 1. The van der Waals surface area contributed by atoms with Crippen LogP contribution in [0.5, 0.6) is 0 Å². The lowest BCUT2D eigenvalue weighted by Gasteiger charge is -2.18. The minimum absolute atomic E-state index is 0.0781. The number of rotatable bonds is 2. The van der Waals surface area contributed by atoms with Crippen molar-refractivity contribution in [3.63, 3.8) is 0 Å². The maximum absolute atomic E-state index is 10.7. The monoisotopic (exact) mass is 331 g/mol. The van der Waals surface area contributed by atoms with Crippen LogP contribution in [-0.2, 0) is 0 Å². The third-order valence-corrected chi connectivity index (χ3v) is 4.32. The molecule has 0 fully saturated rings. The molecule has 0 amide bonds.